The van der Waals surface area contributed by atoms with E-state index in [0.29, 0.717) is 12.0 Å². The van der Waals surface area contributed by atoms with Crippen LogP contribution in [-0.2, 0) is 6.67 Å². The molecule has 96 valence electrons. The molecule has 1 aromatic carbocycles. The summed E-state index contributed by atoms with van der Waals surface area (Å²) in [6.45, 7) is 1.35. The first-order chi connectivity index (χ1) is 8.67. The predicted octanol–water partition coefficient (Wildman–Crippen LogP) is 3.19. The molecule has 0 radical (unpaired) electrons. The molecular formula is C13H12F2O3. The molecule has 3 nitrogen and oxygen atoms in total. The third kappa shape index (κ3) is 2.20. The van der Waals surface area contributed by atoms with Crippen LogP contribution in [0.5, 0.6) is 5.75 Å². The Morgan fingerprint density at radius 3 is 2.83 bits per heavy atom. The summed E-state index contributed by atoms with van der Waals surface area (Å²) in [5.41, 5.74) is -0.889. The second kappa shape index (κ2) is 5.16. The van der Waals surface area contributed by atoms with Crippen molar-refractivity contribution in [2.75, 3.05) is 6.61 Å². The number of hydrogen-bond acceptors (Lipinski definition) is 3. The van der Waals surface area contributed by atoms with E-state index in [4.69, 9.17) is 4.74 Å². The maximum atomic E-state index is 14.0. The quantitative estimate of drug-likeness (QED) is 0.841. The minimum absolute atomic E-state index is 0.00430. The lowest BCUT2D eigenvalue weighted by Gasteiger charge is -2.07. The highest BCUT2D eigenvalue weighted by Gasteiger charge is 2.14. The lowest BCUT2D eigenvalue weighted by atomic mass is 10.1. The van der Waals surface area contributed by atoms with E-state index >= 15 is 0 Å². The third-order valence-corrected chi connectivity index (χ3v) is 2.48. The van der Waals surface area contributed by atoms with Gasteiger partial charge in [-0.1, -0.05) is 13.0 Å². The van der Waals surface area contributed by atoms with Crippen molar-refractivity contribution in [1.82, 2.24) is 0 Å². The van der Waals surface area contributed by atoms with Gasteiger partial charge in [-0.25, -0.2) is 13.6 Å². The number of rotatable bonds is 4. The summed E-state index contributed by atoms with van der Waals surface area (Å²) in [5, 5.41) is 0.0982. The van der Waals surface area contributed by atoms with Gasteiger partial charge in [0.05, 0.1) is 6.61 Å². The molecule has 5 heteroatoms. The number of benzene rings is 1. The van der Waals surface area contributed by atoms with Crippen LogP contribution in [0.15, 0.2) is 27.4 Å². The van der Waals surface area contributed by atoms with Crippen LogP contribution >= 0.6 is 0 Å². The Morgan fingerprint density at radius 2 is 2.17 bits per heavy atom. The summed E-state index contributed by atoms with van der Waals surface area (Å²) in [7, 11) is 0. The Kier molecular flexibility index (Phi) is 3.60. The molecule has 0 saturated heterocycles. The normalized spacial score (nSPS) is 10.8. The second-order valence-corrected chi connectivity index (χ2v) is 3.82. The predicted molar refractivity (Wildman–Crippen MR) is 63.0 cm³/mol. The van der Waals surface area contributed by atoms with E-state index in [2.05, 4.69) is 4.42 Å². The van der Waals surface area contributed by atoms with Gasteiger partial charge in [-0.05, 0) is 23.9 Å². The Balaban J connectivity index is 2.60. The number of hydrogen-bond donors (Lipinski definition) is 0. The molecule has 18 heavy (non-hydrogen) atoms. The minimum atomic E-state index is -0.902. The van der Waals surface area contributed by atoms with Crippen LogP contribution in [0.4, 0.5) is 8.78 Å². The van der Waals surface area contributed by atoms with Gasteiger partial charge in [-0.3, -0.25) is 0 Å². The summed E-state index contributed by atoms with van der Waals surface area (Å²) < 4.78 is 36.3. The molecule has 1 aromatic heterocycles. The number of fused-ring (bicyclic) bond motifs is 1. The highest BCUT2D eigenvalue weighted by atomic mass is 19.1. The fourth-order valence-electron chi connectivity index (χ4n) is 1.66. The van der Waals surface area contributed by atoms with Gasteiger partial charge in [0.1, 0.15) is 17.8 Å². The summed E-state index contributed by atoms with van der Waals surface area (Å²) in [6.07, 6.45) is 0.729. The van der Waals surface area contributed by atoms with Gasteiger partial charge in [0.25, 0.3) is 0 Å². The van der Waals surface area contributed by atoms with Gasteiger partial charge in [0, 0.05) is 0 Å². The summed E-state index contributed by atoms with van der Waals surface area (Å²) in [4.78, 5) is 11.6. The Labute approximate surface area is 102 Å². The van der Waals surface area contributed by atoms with Gasteiger partial charge >= 0.3 is 5.63 Å². The summed E-state index contributed by atoms with van der Waals surface area (Å²) in [6, 6.07) is 4.25. The molecule has 0 fully saturated rings. The molecule has 0 amide bonds. The van der Waals surface area contributed by atoms with Crippen molar-refractivity contribution in [2.24, 2.45) is 0 Å². The van der Waals surface area contributed by atoms with Crippen LogP contribution in [-0.4, -0.2) is 6.61 Å². The molecule has 1 heterocycles. The fraction of sp³-hybridized carbons (Fsp3) is 0.308. The highest BCUT2D eigenvalue weighted by Crippen LogP contribution is 2.25. The lowest BCUT2D eigenvalue weighted by molar-refractivity contribution is 0.302. The number of alkyl halides is 1. The topological polar surface area (TPSA) is 39.4 Å². The summed E-state index contributed by atoms with van der Waals surface area (Å²) >= 11 is 0. The lowest BCUT2D eigenvalue weighted by Crippen LogP contribution is -2.06. The molecule has 0 aliphatic carbocycles. The van der Waals surface area contributed by atoms with Crippen molar-refractivity contribution < 1.29 is 17.9 Å². The first-order valence-electron chi connectivity index (χ1n) is 5.61. The van der Waals surface area contributed by atoms with E-state index in [-0.39, 0.29) is 16.9 Å². The van der Waals surface area contributed by atoms with Crippen molar-refractivity contribution in [2.45, 2.75) is 20.0 Å². The number of ether oxygens (including phenoxy) is 1. The van der Waals surface area contributed by atoms with Crippen LogP contribution in [0.1, 0.15) is 19.1 Å². The molecule has 0 bridgehead atoms. The van der Waals surface area contributed by atoms with Gasteiger partial charge in [-0.15, -0.1) is 0 Å². The highest BCUT2D eigenvalue weighted by molar-refractivity contribution is 5.83. The van der Waals surface area contributed by atoms with Crippen molar-refractivity contribution in [3.63, 3.8) is 0 Å². The molecular weight excluding hydrogens is 242 g/mol. The molecule has 0 saturated carbocycles. The zero-order chi connectivity index (χ0) is 13.1. The van der Waals surface area contributed by atoms with E-state index in [0.717, 1.165) is 6.42 Å². The van der Waals surface area contributed by atoms with Crippen LogP contribution < -0.4 is 10.4 Å². The standard InChI is InChI=1S/C13H12F2O3/c1-2-5-17-10-4-3-8-6-9(7-14)18-13(16)11(8)12(10)15/h3-4,6H,2,5,7H2,1H3. The van der Waals surface area contributed by atoms with Gasteiger partial charge in [-0.2, -0.15) is 0 Å². The number of halogens is 2. The zero-order valence-electron chi connectivity index (χ0n) is 9.83. The van der Waals surface area contributed by atoms with Crippen LogP contribution in [0.2, 0.25) is 0 Å². The van der Waals surface area contributed by atoms with Crippen molar-refractivity contribution in [3.05, 3.63) is 40.2 Å². The average Bonchev–Trinajstić information content (AvgIpc) is 2.37. The van der Waals surface area contributed by atoms with E-state index in [1.807, 2.05) is 6.92 Å². The molecule has 0 aliphatic heterocycles. The second-order valence-electron chi connectivity index (χ2n) is 3.82. The van der Waals surface area contributed by atoms with Crippen LogP contribution in [0.3, 0.4) is 0 Å². The Hall–Kier alpha value is -1.91. The van der Waals surface area contributed by atoms with Crippen molar-refractivity contribution in [3.8, 4) is 5.75 Å². The van der Waals surface area contributed by atoms with Gasteiger partial charge in [0.2, 0.25) is 0 Å². The SMILES string of the molecule is CCCOc1ccc2cc(CF)oc(=O)c2c1F. The maximum absolute atomic E-state index is 14.0. The molecule has 0 atom stereocenters. The first kappa shape index (κ1) is 12.5. The first-order valence-corrected chi connectivity index (χ1v) is 5.61. The van der Waals surface area contributed by atoms with Crippen LogP contribution in [0, 0.1) is 5.82 Å². The molecule has 0 aliphatic rings. The molecule has 2 aromatic rings. The zero-order valence-corrected chi connectivity index (χ0v) is 9.83. The molecule has 0 N–H and O–H groups in total. The molecule has 2 rings (SSSR count). The minimum Gasteiger partial charge on any atom is -0.491 e. The van der Waals surface area contributed by atoms with Gasteiger partial charge < -0.3 is 9.15 Å². The van der Waals surface area contributed by atoms with Crippen molar-refractivity contribution in [1.29, 1.82) is 0 Å². The third-order valence-electron chi connectivity index (χ3n) is 2.48. The largest absolute Gasteiger partial charge is 0.491 e. The Morgan fingerprint density at radius 1 is 1.39 bits per heavy atom. The summed E-state index contributed by atoms with van der Waals surface area (Å²) in [5.74, 6) is -0.876. The van der Waals surface area contributed by atoms with Crippen molar-refractivity contribution >= 4 is 10.8 Å². The van der Waals surface area contributed by atoms with E-state index in [1.54, 1.807) is 0 Å². The Bertz CT molecular complexity index is 619. The van der Waals surface area contributed by atoms with Gasteiger partial charge in [0.15, 0.2) is 11.6 Å². The smallest absolute Gasteiger partial charge is 0.347 e. The monoisotopic (exact) mass is 254 g/mol. The molecule has 0 spiro atoms. The van der Waals surface area contributed by atoms with E-state index in [1.165, 1.54) is 18.2 Å². The fourth-order valence-corrected chi connectivity index (χ4v) is 1.66. The van der Waals surface area contributed by atoms with Crippen LogP contribution in [0.25, 0.3) is 10.8 Å². The molecule has 0 unspecified atom stereocenters. The van der Waals surface area contributed by atoms with E-state index in [9.17, 15) is 13.6 Å². The maximum Gasteiger partial charge on any atom is 0.347 e. The van der Waals surface area contributed by atoms with E-state index < -0.39 is 18.1 Å². The average molecular weight is 254 g/mol.